The zero-order chi connectivity index (χ0) is 16.9. The molecule has 1 aromatic heterocycles. The number of carbonyl (C=O) groups is 1. The molecule has 3 aromatic rings. The summed E-state index contributed by atoms with van der Waals surface area (Å²) in [4.78, 5) is 12.1. The average molecular weight is 388 g/mol. The molecule has 1 heterocycles. The normalized spacial score (nSPS) is 10.4. The number of hydrogen-bond acceptors (Lipinski definition) is 4. The molecule has 0 radical (unpaired) electrons. The van der Waals surface area contributed by atoms with Gasteiger partial charge in [0.2, 0.25) is 0 Å². The maximum atomic E-state index is 12.1. The minimum Gasteiger partial charge on any atom is -0.506 e. The number of para-hydroxylation sites is 2. The van der Waals surface area contributed by atoms with Crippen molar-refractivity contribution in [2.75, 3.05) is 5.32 Å². The fourth-order valence-corrected chi connectivity index (χ4v) is 2.26. The summed E-state index contributed by atoms with van der Waals surface area (Å²) in [7, 11) is 0. The summed E-state index contributed by atoms with van der Waals surface area (Å²) in [6.07, 6.45) is 1.65. The van der Waals surface area contributed by atoms with Crippen LogP contribution in [0.3, 0.4) is 0 Å². The first-order valence-electron chi connectivity index (χ1n) is 7.13. The van der Waals surface area contributed by atoms with E-state index in [9.17, 15) is 9.90 Å². The van der Waals surface area contributed by atoms with Gasteiger partial charge in [-0.2, -0.15) is 5.10 Å². The van der Waals surface area contributed by atoms with Crippen LogP contribution in [-0.2, 0) is 6.73 Å². The van der Waals surface area contributed by atoms with Crippen LogP contribution in [0.2, 0.25) is 0 Å². The molecule has 24 heavy (non-hydrogen) atoms. The number of amides is 1. The molecule has 3 rings (SSSR count). The number of phenolic OH excluding ortho intramolecular Hbond substituents is 1. The summed E-state index contributed by atoms with van der Waals surface area (Å²) < 4.78 is 8.07. The fraction of sp³-hybridized carbons (Fsp3) is 0.0588. The Morgan fingerprint density at radius 3 is 2.67 bits per heavy atom. The number of phenols is 1. The number of benzene rings is 2. The van der Waals surface area contributed by atoms with Crippen molar-refractivity contribution in [3.8, 4) is 11.5 Å². The molecule has 0 saturated carbocycles. The molecule has 1 amide bonds. The van der Waals surface area contributed by atoms with Crippen molar-refractivity contribution in [1.82, 2.24) is 9.78 Å². The SMILES string of the molecule is O=C(Nc1ccccc1O)c1ccn(COc2ccc(Br)cc2)n1. The van der Waals surface area contributed by atoms with Crippen LogP contribution in [0.1, 0.15) is 10.5 Å². The van der Waals surface area contributed by atoms with Gasteiger partial charge in [0.25, 0.3) is 5.91 Å². The van der Waals surface area contributed by atoms with Gasteiger partial charge in [-0.25, -0.2) is 4.68 Å². The molecule has 0 aliphatic rings. The van der Waals surface area contributed by atoms with E-state index in [4.69, 9.17) is 4.74 Å². The highest BCUT2D eigenvalue weighted by Gasteiger charge is 2.11. The van der Waals surface area contributed by atoms with E-state index in [2.05, 4.69) is 26.3 Å². The van der Waals surface area contributed by atoms with Crippen LogP contribution in [0.25, 0.3) is 0 Å². The zero-order valence-corrected chi connectivity index (χ0v) is 14.1. The molecule has 2 aromatic carbocycles. The number of ether oxygens (including phenoxy) is 1. The second-order valence-corrected chi connectivity index (χ2v) is 5.85. The molecule has 0 bridgehead atoms. The van der Waals surface area contributed by atoms with E-state index in [0.29, 0.717) is 11.4 Å². The Bertz CT molecular complexity index is 846. The molecular weight excluding hydrogens is 374 g/mol. The van der Waals surface area contributed by atoms with Crippen LogP contribution >= 0.6 is 15.9 Å². The van der Waals surface area contributed by atoms with Gasteiger partial charge >= 0.3 is 0 Å². The first kappa shape index (κ1) is 16.1. The highest BCUT2D eigenvalue weighted by molar-refractivity contribution is 9.10. The highest BCUT2D eigenvalue weighted by atomic mass is 79.9. The lowest BCUT2D eigenvalue weighted by molar-refractivity contribution is 0.102. The Labute approximate surface area is 146 Å². The predicted molar refractivity (Wildman–Crippen MR) is 93.1 cm³/mol. The number of anilines is 1. The van der Waals surface area contributed by atoms with E-state index in [1.54, 1.807) is 30.5 Å². The number of nitrogens with zero attached hydrogens (tertiary/aromatic N) is 2. The second-order valence-electron chi connectivity index (χ2n) is 4.94. The lowest BCUT2D eigenvalue weighted by Crippen LogP contribution is -2.14. The third kappa shape index (κ3) is 3.94. The van der Waals surface area contributed by atoms with E-state index in [1.165, 1.54) is 10.7 Å². The summed E-state index contributed by atoms with van der Waals surface area (Å²) in [5.74, 6) is 0.302. The lowest BCUT2D eigenvalue weighted by atomic mass is 10.3. The molecule has 0 fully saturated rings. The smallest absolute Gasteiger partial charge is 0.276 e. The van der Waals surface area contributed by atoms with Gasteiger partial charge in [-0.3, -0.25) is 4.79 Å². The van der Waals surface area contributed by atoms with Crippen molar-refractivity contribution in [3.05, 3.63) is 71.0 Å². The van der Waals surface area contributed by atoms with Crippen molar-refractivity contribution in [3.63, 3.8) is 0 Å². The molecule has 0 aliphatic carbocycles. The zero-order valence-electron chi connectivity index (χ0n) is 12.5. The fourth-order valence-electron chi connectivity index (χ4n) is 1.99. The molecule has 122 valence electrons. The van der Waals surface area contributed by atoms with Crippen molar-refractivity contribution in [1.29, 1.82) is 0 Å². The monoisotopic (exact) mass is 387 g/mol. The number of carbonyl (C=O) groups excluding carboxylic acids is 1. The third-order valence-corrected chi connectivity index (χ3v) is 3.73. The summed E-state index contributed by atoms with van der Waals surface area (Å²) >= 11 is 3.36. The van der Waals surface area contributed by atoms with E-state index in [0.717, 1.165) is 4.47 Å². The van der Waals surface area contributed by atoms with E-state index < -0.39 is 5.91 Å². The van der Waals surface area contributed by atoms with E-state index >= 15 is 0 Å². The van der Waals surface area contributed by atoms with Crippen LogP contribution < -0.4 is 10.1 Å². The summed E-state index contributed by atoms with van der Waals surface area (Å²) in [6, 6.07) is 15.5. The Hall–Kier alpha value is -2.80. The first-order chi connectivity index (χ1) is 11.6. The number of rotatable bonds is 5. The molecule has 7 heteroatoms. The van der Waals surface area contributed by atoms with Crippen LogP contribution in [0, 0.1) is 0 Å². The standard InChI is InChI=1S/C17H14BrN3O3/c18-12-5-7-13(8-6-12)24-11-21-10-9-15(20-21)17(23)19-14-3-1-2-4-16(14)22/h1-10,22H,11H2,(H,19,23). The summed E-state index contributed by atoms with van der Waals surface area (Å²) in [6.45, 7) is 0.186. The molecule has 0 atom stereocenters. The number of aromatic nitrogens is 2. The van der Waals surface area contributed by atoms with Gasteiger partial charge in [-0.05, 0) is 42.5 Å². The second kappa shape index (κ2) is 7.18. The predicted octanol–water partition coefficient (Wildman–Crippen LogP) is 3.64. The van der Waals surface area contributed by atoms with E-state index in [-0.39, 0.29) is 18.2 Å². The van der Waals surface area contributed by atoms with E-state index in [1.807, 2.05) is 24.3 Å². The molecule has 6 nitrogen and oxygen atoms in total. The largest absolute Gasteiger partial charge is 0.506 e. The quantitative estimate of drug-likeness (QED) is 0.655. The Morgan fingerprint density at radius 1 is 1.17 bits per heavy atom. The number of nitrogens with one attached hydrogen (secondary N) is 1. The summed E-state index contributed by atoms with van der Waals surface area (Å²) in [5.41, 5.74) is 0.570. The third-order valence-electron chi connectivity index (χ3n) is 3.20. The van der Waals surface area contributed by atoms with Crippen LogP contribution in [0.15, 0.2) is 65.3 Å². The molecule has 0 spiro atoms. The van der Waals surface area contributed by atoms with Crippen molar-refractivity contribution < 1.29 is 14.6 Å². The summed E-state index contributed by atoms with van der Waals surface area (Å²) in [5, 5.41) is 16.4. The lowest BCUT2D eigenvalue weighted by Gasteiger charge is -2.06. The Balaban J connectivity index is 1.61. The maximum Gasteiger partial charge on any atom is 0.276 e. The van der Waals surface area contributed by atoms with Crippen molar-refractivity contribution >= 4 is 27.5 Å². The van der Waals surface area contributed by atoms with Gasteiger partial charge in [0.15, 0.2) is 12.4 Å². The maximum absolute atomic E-state index is 12.1. The molecule has 2 N–H and O–H groups in total. The van der Waals surface area contributed by atoms with Gasteiger partial charge < -0.3 is 15.2 Å². The van der Waals surface area contributed by atoms with Gasteiger partial charge in [0.05, 0.1) is 5.69 Å². The van der Waals surface area contributed by atoms with Gasteiger partial charge in [0.1, 0.15) is 11.5 Å². The number of halogens is 1. The highest BCUT2D eigenvalue weighted by Crippen LogP contribution is 2.22. The van der Waals surface area contributed by atoms with Crippen molar-refractivity contribution in [2.24, 2.45) is 0 Å². The molecule has 0 saturated heterocycles. The van der Waals surface area contributed by atoms with Crippen LogP contribution in [0.5, 0.6) is 11.5 Å². The number of aromatic hydroxyl groups is 1. The van der Waals surface area contributed by atoms with Crippen molar-refractivity contribution in [2.45, 2.75) is 6.73 Å². The molecular formula is C17H14BrN3O3. The number of hydrogen-bond donors (Lipinski definition) is 2. The minimum absolute atomic E-state index is 0.00357. The topological polar surface area (TPSA) is 76.4 Å². The van der Waals surface area contributed by atoms with Gasteiger partial charge in [-0.15, -0.1) is 0 Å². The van der Waals surface area contributed by atoms with Crippen LogP contribution in [0.4, 0.5) is 5.69 Å². The molecule has 0 aliphatic heterocycles. The van der Waals surface area contributed by atoms with Gasteiger partial charge in [-0.1, -0.05) is 28.1 Å². The van der Waals surface area contributed by atoms with Crippen LogP contribution in [-0.4, -0.2) is 20.8 Å². The Morgan fingerprint density at radius 2 is 1.92 bits per heavy atom. The average Bonchev–Trinajstić information content (AvgIpc) is 3.06. The Kier molecular flexibility index (Phi) is 4.81. The molecule has 0 unspecified atom stereocenters. The van der Waals surface area contributed by atoms with Gasteiger partial charge in [0, 0.05) is 10.7 Å². The first-order valence-corrected chi connectivity index (χ1v) is 7.92. The minimum atomic E-state index is -0.404.